The van der Waals surface area contributed by atoms with Crippen molar-refractivity contribution >= 4 is 23.4 Å². The number of Topliss-reactive ketones (excluding diaryl/α,β-unsaturated/α-hetero) is 1. The highest BCUT2D eigenvalue weighted by Crippen LogP contribution is 2.57. The molecule has 7 heteroatoms. The molecular formula is C28H29NO6. The Morgan fingerprint density at radius 1 is 1.06 bits per heavy atom. The van der Waals surface area contributed by atoms with E-state index in [0.29, 0.717) is 34.5 Å². The lowest BCUT2D eigenvalue weighted by Gasteiger charge is -2.42. The van der Waals surface area contributed by atoms with Gasteiger partial charge in [0.2, 0.25) is 11.8 Å². The van der Waals surface area contributed by atoms with Gasteiger partial charge in [-0.1, -0.05) is 17.7 Å². The number of hydrogen-bond donors (Lipinski definition) is 1. The normalized spacial score (nSPS) is 28.4. The van der Waals surface area contributed by atoms with Crippen LogP contribution in [0.2, 0.25) is 0 Å². The predicted molar refractivity (Wildman–Crippen MR) is 128 cm³/mol. The van der Waals surface area contributed by atoms with Crippen LogP contribution in [0.15, 0.2) is 52.6 Å². The van der Waals surface area contributed by atoms with Crippen LogP contribution in [-0.4, -0.2) is 46.0 Å². The van der Waals surface area contributed by atoms with Crippen molar-refractivity contribution in [3.63, 3.8) is 0 Å². The maximum atomic E-state index is 13.7. The minimum atomic E-state index is -0.743. The Labute approximate surface area is 204 Å². The van der Waals surface area contributed by atoms with Crippen LogP contribution >= 0.6 is 0 Å². The molecule has 0 aromatic heterocycles. The highest BCUT2D eigenvalue weighted by atomic mass is 16.5. The Morgan fingerprint density at radius 3 is 2.43 bits per heavy atom. The van der Waals surface area contributed by atoms with E-state index in [2.05, 4.69) is 0 Å². The van der Waals surface area contributed by atoms with E-state index in [-0.39, 0.29) is 35.6 Å². The first-order chi connectivity index (χ1) is 16.5. The fourth-order valence-corrected chi connectivity index (χ4v) is 6.35. The number of rotatable bonds is 2. The maximum Gasteiger partial charge on any atom is 0.234 e. The van der Waals surface area contributed by atoms with E-state index in [1.807, 2.05) is 26.8 Å². The Kier molecular flexibility index (Phi) is 5.16. The van der Waals surface area contributed by atoms with Gasteiger partial charge in [-0.2, -0.15) is 0 Å². The molecule has 1 heterocycles. The molecule has 0 saturated carbocycles. The number of hydrogen-bond acceptors (Lipinski definition) is 6. The predicted octanol–water partition coefficient (Wildman–Crippen LogP) is 3.63. The van der Waals surface area contributed by atoms with Gasteiger partial charge in [0.1, 0.15) is 11.5 Å². The third-order valence-corrected chi connectivity index (χ3v) is 7.79. The molecule has 4 aliphatic rings. The molecule has 0 radical (unpaired) electrons. The smallest absolute Gasteiger partial charge is 0.234 e. The van der Waals surface area contributed by atoms with Gasteiger partial charge in [-0.25, -0.2) is 0 Å². The van der Waals surface area contributed by atoms with E-state index in [9.17, 15) is 24.3 Å². The van der Waals surface area contributed by atoms with Gasteiger partial charge in [0.25, 0.3) is 0 Å². The van der Waals surface area contributed by atoms with Crippen molar-refractivity contribution in [3.8, 4) is 11.5 Å². The van der Waals surface area contributed by atoms with E-state index in [1.165, 1.54) is 24.2 Å². The van der Waals surface area contributed by atoms with Gasteiger partial charge in [-0.05, 0) is 64.7 Å². The molecular weight excluding hydrogens is 446 g/mol. The minimum Gasteiger partial charge on any atom is -0.507 e. The lowest BCUT2D eigenvalue weighted by molar-refractivity contribution is -0.145. The third-order valence-electron chi connectivity index (χ3n) is 7.79. The number of carbonyl (C=O) groups excluding carboxylic acids is 4. The number of phenols is 1. The number of ketones is 2. The van der Waals surface area contributed by atoms with Crippen LogP contribution in [0.1, 0.15) is 52.0 Å². The summed E-state index contributed by atoms with van der Waals surface area (Å²) in [5.41, 5.74) is 1.55. The first-order valence-electron chi connectivity index (χ1n) is 11.9. The van der Waals surface area contributed by atoms with Gasteiger partial charge >= 0.3 is 0 Å². The molecule has 4 atom stereocenters. The molecule has 0 spiro atoms. The van der Waals surface area contributed by atoms with Crippen LogP contribution in [0.4, 0.5) is 0 Å². The van der Waals surface area contributed by atoms with Crippen molar-refractivity contribution in [1.82, 2.24) is 4.90 Å². The molecule has 1 fully saturated rings. The van der Waals surface area contributed by atoms with Crippen LogP contribution in [0, 0.1) is 17.8 Å². The summed E-state index contributed by atoms with van der Waals surface area (Å²) in [4.78, 5) is 54.9. The zero-order valence-corrected chi connectivity index (χ0v) is 20.5. The highest BCUT2D eigenvalue weighted by molar-refractivity contribution is 6.24. The summed E-state index contributed by atoms with van der Waals surface area (Å²) in [7, 11) is 1.48. The Morgan fingerprint density at radius 2 is 1.77 bits per heavy atom. The quantitative estimate of drug-likeness (QED) is 0.398. The van der Waals surface area contributed by atoms with Crippen molar-refractivity contribution in [3.05, 3.63) is 58.2 Å². The largest absolute Gasteiger partial charge is 0.507 e. The number of fused-ring (bicyclic) bond motifs is 3. The van der Waals surface area contributed by atoms with Crippen molar-refractivity contribution in [2.24, 2.45) is 17.8 Å². The fourth-order valence-electron chi connectivity index (χ4n) is 6.35. The van der Waals surface area contributed by atoms with Gasteiger partial charge < -0.3 is 9.84 Å². The summed E-state index contributed by atoms with van der Waals surface area (Å²) in [6, 6.07) is 4.88. The molecule has 3 aliphatic carbocycles. The van der Waals surface area contributed by atoms with E-state index >= 15 is 0 Å². The van der Waals surface area contributed by atoms with E-state index in [0.717, 1.165) is 5.57 Å². The van der Waals surface area contributed by atoms with Crippen LogP contribution in [0.3, 0.4) is 0 Å². The van der Waals surface area contributed by atoms with Crippen molar-refractivity contribution < 1.29 is 29.0 Å². The second-order valence-corrected chi connectivity index (χ2v) is 10.8. The Hall–Kier alpha value is -3.48. The van der Waals surface area contributed by atoms with Crippen LogP contribution in [0.5, 0.6) is 11.5 Å². The lowest BCUT2D eigenvalue weighted by Crippen LogP contribution is -2.46. The van der Waals surface area contributed by atoms with Gasteiger partial charge in [0, 0.05) is 33.7 Å². The summed E-state index contributed by atoms with van der Waals surface area (Å²) >= 11 is 0. The zero-order chi connectivity index (χ0) is 25.4. The molecule has 1 saturated heterocycles. The Balaban J connectivity index is 1.73. The number of carbonyl (C=O) groups is 4. The van der Waals surface area contributed by atoms with Crippen LogP contribution in [-0.2, 0) is 19.2 Å². The highest BCUT2D eigenvalue weighted by Gasteiger charge is 2.58. The van der Waals surface area contributed by atoms with Gasteiger partial charge in [0.15, 0.2) is 11.6 Å². The van der Waals surface area contributed by atoms with E-state index in [1.54, 1.807) is 19.1 Å². The maximum absolute atomic E-state index is 13.7. The molecule has 2 amide bonds. The molecule has 4 unspecified atom stereocenters. The number of methoxy groups -OCH3 is 1. The summed E-state index contributed by atoms with van der Waals surface area (Å²) in [5, 5.41) is 10.9. The zero-order valence-electron chi connectivity index (χ0n) is 20.5. The fraction of sp³-hybridized carbons (Fsp3) is 0.429. The number of phenolic OH excluding ortho intramolecular Hbond substituents is 1. The summed E-state index contributed by atoms with van der Waals surface area (Å²) < 4.78 is 5.56. The molecule has 0 bridgehead atoms. The van der Waals surface area contributed by atoms with Crippen molar-refractivity contribution in [2.45, 2.75) is 52.0 Å². The lowest BCUT2D eigenvalue weighted by atomic mass is 9.59. The average Bonchev–Trinajstić information content (AvgIpc) is 3.06. The second kappa shape index (κ2) is 7.77. The molecule has 5 rings (SSSR count). The molecule has 7 nitrogen and oxygen atoms in total. The van der Waals surface area contributed by atoms with Gasteiger partial charge in [0.05, 0.1) is 18.9 Å². The molecule has 1 aromatic carbocycles. The molecule has 182 valence electrons. The number of ether oxygens (including phenoxy) is 1. The van der Waals surface area contributed by atoms with E-state index < -0.39 is 29.2 Å². The molecule has 1 aliphatic heterocycles. The first-order valence-corrected chi connectivity index (χ1v) is 11.9. The number of allylic oxidation sites excluding steroid dienone is 6. The van der Waals surface area contributed by atoms with Crippen molar-refractivity contribution in [2.75, 3.05) is 7.11 Å². The summed E-state index contributed by atoms with van der Waals surface area (Å²) in [6.45, 7) is 7.12. The first kappa shape index (κ1) is 23.3. The number of benzene rings is 1. The van der Waals surface area contributed by atoms with Gasteiger partial charge in [-0.3, -0.25) is 24.1 Å². The summed E-state index contributed by atoms with van der Waals surface area (Å²) in [6.07, 6.45) is 3.85. The molecule has 1 N–H and O–H groups in total. The van der Waals surface area contributed by atoms with Crippen LogP contribution in [0.25, 0.3) is 0 Å². The number of amides is 2. The SMILES string of the molecule is COc1cccc(O)c1C1C2=CCC3C(=O)N(C(C)(C)C)C(=O)C3C2CC2=C1C(=O)C(C)=CC2=O. The van der Waals surface area contributed by atoms with Gasteiger partial charge in [-0.15, -0.1) is 0 Å². The molecule has 35 heavy (non-hydrogen) atoms. The number of nitrogens with zero attached hydrogens (tertiary/aromatic N) is 1. The standard InChI is InChI=1S/C28H29NO6/c1-13-11-19(31)17-12-16-14(9-10-15-21(16)27(34)29(26(15)33)28(2,3)4)22(23(17)25(13)32)24-18(30)7-6-8-20(24)35-5/h6-9,11,15-16,21-22,30H,10,12H2,1-5H3. The molecule has 1 aromatic rings. The number of likely N-dealkylation sites (tertiary alicyclic amines) is 1. The average molecular weight is 476 g/mol. The third kappa shape index (κ3) is 3.24. The minimum absolute atomic E-state index is 0.0533. The second-order valence-electron chi connectivity index (χ2n) is 10.8. The van der Waals surface area contributed by atoms with E-state index in [4.69, 9.17) is 4.74 Å². The number of aromatic hydroxyl groups is 1. The Bertz CT molecular complexity index is 1290. The number of imide groups is 1. The summed E-state index contributed by atoms with van der Waals surface area (Å²) in [5.74, 6) is -2.91. The van der Waals surface area contributed by atoms with Crippen molar-refractivity contribution in [1.29, 1.82) is 0 Å². The van der Waals surface area contributed by atoms with Crippen LogP contribution < -0.4 is 4.74 Å². The monoisotopic (exact) mass is 475 g/mol. The topological polar surface area (TPSA) is 101 Å².